The zero-order valence-electron chi connectivity index (χ0n) is 8.48. The molecule has 1 heterocycles. The molecule has 0 aromatic carbocycles. The van der Waals surface area contributed by atoms with Crippen LogP contribution in [0.1, 0.15) is 19.3 Å². The van der Waals surface area contributed by atoms with Gasteiger partial charge in [-0.25, -0.2) is 8.42 Å². The van der Waals surface area contributed by atoms with Crippen molar-refractivity contribution in [2.75, 3.05) is 26.0 Å². The summed E-state index contributed by atoms with van der Waals surface area (Å²) in [4.78, 5) is 0. The first-order valence-electron chi connectivity index (χ1n) is 5.12. The number of rotatable bonds is 4. The van der Waals surface area contributed by atoms with Crippen molar-refractivity contribution in [1.29, 1.82) is 0 Å². The van der Waals surface area contributed by atoms with Crippen molar-refractivity contribution < 1.29 is 13.2 Å². The van der Waals surface area contributed by atoms with E-state index in [0.717, 1.165) is 32.5 Å². The highest BCUT2D eigenvalue weighted by molar-refractivity contribution is 7.88. The molecular weight excluding hydrogens is 202 g/mol. The Kier molecular flexibility index (Phi) is 2.81. The summed E-state index contributed by atoms with van der Waals surface area (Å²) in [6.07, 6.45) is 4.36. The molecule has 4 nitrogen and oxygen atoms in total. The van der Waals surface area contributed by atoms with Crippen LogP contribution >= 0.6 is 0 Å². The predicted molar refractivity (Wildman–Crippen MR) is 53.5 cm³/mol. The molecule has 1 unspecified atom stereocenters. The number of hydrogen-bond acceptors (Lipinski definition) is 3. The second-order valence-electron chi connectivity index (χ2n) is 4.29. The molecule has 0 bridgehead atoms. The van der Waals surface area contributed by atoms with Crippen molar-refractivity contribution in [3.05, 3.63) is 0 Å². The second kappa shape index (κ2) is 3.79. The van der Waals surface area contributed by atoms with Gasteiger partial charge in [0, 0.05) is 19.2 Å². The molecule has 2 aliphatic rings. The summed E-state index contributed by atoms with van der Waals surface area (Å²) in [7, 11) is -3.01. The van der Waals surface area contributed by atoms with Gasteiger partial charge < -0.3 is 4.74 Å². The molecule has 1 atom stereocenters. The van der Waals surface area contributed by atoms with E-state index in [1.807, 2.05) is 0 Å². The van der Waals surface area contributed by atoms with Crippen molar-refractivity contribution >= 4 is 10.0 Å². The molecule has 2 fully saturated rings. The van der Waals surface area contributed by atoms with Crippen LogP contribution in [0.2, 0.25) is 0 Å². The second-order valence-corrected chi connectivity index (χ2v) is 6.23. The van der Waals surface area contributed by atoms with E-state index in [2.05, 4.69) is 0 Å². The van der Waals surface area contributed by atoms with E-state index < -0.39 is 10.0 Å². The topological polar surface area (TPSA) is 46.6 Å². The average molecular weight is 219 g/mol. The SMILES string of the molecule is CS(=O)(=O)N(CC1CCOC1)C1CC1. The van der Waals surface area contributed by atoms with E-state index in [4.69, 9.17) is 4.74 Å². The van der Waals surface area contributed by atoms with E-state index in [1.165, 1.54) is 6.26 Å². The quantitative estimate of drug-likeness (QED) is 0.689. The highest BCUT2D eigenvalue weighted by Gasteiger charge is 2.36. The van der Waals surface area contributed by atoms with Gasteiger partial charge in [0.05, 0.1) is 12.9 Å². The maximum absolute atomic E-state index is 11.5. The molecule has 14 heavy (non-hydrogen) atoms. The van der Waals surface area contributed by atoms with Crippen LogP contribution in [0.5, 0.6) is 0 Å². The number of nitrogens with zero attached hydrogens (tertiary/aromatic N) is 1. The van der Waals surface area contributed by atoms with Gasteiger partial charge in [0.25, 0.3) is 0 Å². The van der Waals surface area contributed by atoms with Gasteiger partial charge in [-0.05, 0) is 25.2 Å². The minimum atomic E-state index is -3.01. The lowest BCUT2D eigenvalue weighted by Gasteiger charge is -2.22. The molecule has 0 radical (unpaired) electrons. The highest BCUT2D eigenvalue weighted by Crippen LogP contribution is 2.30. The fraction of sp³-hybridized carbons (Fsp3) is 1.00. The summed E-state index contributed by atoms with van der Waals surface area (Å²) >= 11 is 0. The Hall–Kier alpha value is -0.130. The Bertz CT molecular complexity index is 291. The zero-order valence-corrected chi connectivity index (χ0v) is 9.29. The predicted octanol–water partition coefficient (Wildman–Crippen LogP) is 0.447. The van der Waals surface area contributed by atoms with Crippen LogP contribution in [0, 0.1) is 5.92 Å². The molecule has 0 N–H and O–H groups in total. The summed E-state index contributed by atoms with van der Waals surface area (Å²) < 4.78 is 29.9. The fourth-order valence-electron chi connectivity index (χ4n) is 1.90. The summed E-state index contributed by atoms with van der Waals surface area (Å²) in [6.45, 7) is 2.16. The van der Waals surface area contributed by atoms with Crippen LogP contribution in [0.4, 0.5) is 0 Å². The highest BCUT2D eigenvalue weighted by atomic mass is 32.2. The Morgan fingerprint density at radius 2 is 2.07 bits per heavy atom. The van der Waals surface area contributed by atoms with Gasteiger partial charge in [0.15, 0.2) is 0 Å². The van der Waals surface area contributed by atoms with Crippen molar-refractivity contribution in [1.82, 2.24) is 4.31 Å². The Morgan fingerprint density at radius 3 is 2.50 bits per heavy atom. The van der Waals surface area contributed by atoms with E-state index >= 15 is 0 Å². The summed E-state index contributed by atoms with van der Waals surface area (Å²) in [5, 5.41) is 0. The standard InChI is InChI=1S/C9H17NO3S/c1-14(11,12)10(9-2-3-9)6-8-4-5-13-7-8/h8-9H,2-7H2,1H3. The molecule has 1 aliphatic heterocycles. The maximum Gasteiger partial charge on any atom is 0.211 e. The van der Waals surface area contributed by atoms with Crippen molar-refractivity contribution in [2.24, 2.45) is 5.92 Å². The molecular formula is C9H17NO3S. The van der Waals surface area contributed by atoms with E-state index in [0.29, 0.717) is 12.5 Å². The van der Waals surface area contributed by atoms with Crippen LogP contribution in [0.25, 0.3) is 0 Å². The molecule has 0 aromatic rings. The smallest absolute Gasteiger partial charge is 0.211 e. The normalized spacial score (nSPS) is 28.6. The maximum atomic E-state index is 11.5. The number of hydrogen-bond donors (Lipinski definition) is 0. The first-order chi connectivity index (χ1) is 6.57. The third kappa shape index (κ3) is 2.46. The van der Waals surface area contributed by atoms with Crippen LogP contribution < -0.4 is 0 Å². The van der Waals surface area contributed by atoms with Gasteiger partial charge >= 0.3 is 0 Å². The lowest BCUT2D eigenvalue weighted by Crippen LogP contribution is -2.36. The van der Waals surface area contributed by atoms with Gasteiger partial charge in [0.1, 0.15) is 0 Å². The molecule has 5 heteroatoms. The van der Waals surface area contributed by atoms with Crippen molar-refractivity contribution in [3.63, 3.8) is 0 Å². The van der Waals surface area contributed by atoms with Gasteiger partial charge in [0.2, 0.25) is 10.0 Å². The summed E-state index contributed by atoms with van der Waals surface area (Å²) in [5.74, 6) is 0.408. The van der Waals surface area contributed by atoms with Gasteiger partial charge in [-0.3, -0.25) is 0 Å². The van der Waals surface area contributed by atoms with E-state index in [-0.39, 0.29) is 6.04 Å². The molecule has 0 aromatic heterocycles. The first-order valence-corrected chi connectivity index (χ1v) is 6.97. The molecule has 82 valence electrons. The largest absolute Gasteiger partial charge is 0.381 e. The fourth-order valence-corrected chi connectivity index (χ4v) is 3.13. The third-order valence-electron chi connectivity index (χ3n) is 2.84. The Labute approximate surface area is 85.3 Å². The Morgan fingerprint density at radius 1 is 1.36 bits per heavy atom. The van der Waals surface area contributed by atoms with Gasteiger partial charge in [-0.15, -0.1) is 0 Å². The van der Waals surface area contributed by atoms with Crippen LogP contribution in [0.3, 0.4) is 0 Å². The van der Waals surface area contributed by atoms with E-state index in [1.54, 1.807) is 4.31 Å². The Balaban J connectivity index is 1.96. The number of sulfonamides is 1. The van der Waals surface area contributed by atoms with Crippen molar-refractivity contribution in [3.8, 4) is 0 Å². The lowest BCUT2D eigenvalue weighted by molar-refractivity contribution is 0.180. The molecule has 2 rings (SSSR count). The van der Waals surface area contributed by atoms with Crippen molar-refractivity contribution in [2.45, 2.75) is 25.3 Å². The molecule has 1 saturated heterocycles. The molecule has 1 aliphatic carbocycles. The monoisotopic (exact) mass is 219 g/mol. The zero-order chi connectivity index (χ0) is 10.2. The lowest BCUT2D eigenvalue weighted by atomic mass is 10.1. The molecule has 0 amide bonds. The van der Waals surface area contributed by atoms with Crippen LogP contribution in [-0.2, 0) is 14.8 Å². The number of ether oxygens (including phenoxy) is 1. The minimum Gasteiger partial charge on any atom is -0.381 e. The van der Waals surface area contributed by atoms with Crippen LogP contribution in [0.15, 0.2) is 0 Å². The van der Waals surface area contributed by atoms with Crippen LogP contribution in [-0.4, -0.2) is 44.8 Å². The third-order valence-corrected chi connectivity index (χ3v) is 4.14. The minimum absolute atomic E-state index is 0.283. The summed E-state index contributed by atoms with van der Waals surface area (Å²) in [6, 6.07) is 0.283. The molecule has 1 saturated carbocycles. The summed E-state index contributed by atoms with van der Waals surface area (Å²) in [5.41, 5.74) is 0. The molecule has 0 spiro atoms. The van der Waals surface area contributed by atoms with E-state index in [9.17, 15) is 8.42 Å². The first kappa shape index (κ1) is 10.4. The van der Waals surface area contributed by atoms with Gasteiger partial charge in [-0.2, -0.15) is 4.31 Å². The van der Waals surface area contributed by atoms with Gasteiger partial charge in [-0.1, -0.05) is 0 Å². The average Bonchev–Trinajstić information content (AvgIpc) is 2.77.